The molecule has 0 aromatic heterocycles. The highest BCUT2D eigenvalue weighted by Crippen LogP contribution is 2.44. The Hall–Kier alpha value is -1.13. The number of ether oxygens (including phenoxy) is 1. The van der Waals surface area contributed by atoms with E-state index in [1.54, 1.807) is 6.07 Å². The number of halogens is 1. The second kappa shape index (κ2) is 5.93. The highest BCUT2D eigenvalue weighted by Gasteiger charge is 2.41. The average Bonchev–Trinajstić information content (AvgIpc) is 2.62. The van der Waals surface area contributed by atoms with Crippen LogP contribution in [-0.4, -0.2) is 35.2 Å². The van der Waals surface area contributed by atoms with E-state index in [1.807, 2.05) is 0 Å². The van der Waals surface area contributed by atoms with E-state index in [9.17, 15) is 9.50 Å². The Kier molecular flexibility index (Phi) is 4.18. The number of likely N-dealkylation sites (tertiary alicyclic amines) is 1. The molecule has 0 amide bonds. The van der Waals surface area contributed by atoms with Crippen molar-refractivity contribution in [3.63, 3.8) is 0 Å². The molecule has 4 heteroatoms. The van der Waals surface area contributed by atoms with Gasteiger partial charge in [0.25, 0.3) is 0 Å². The van der Waals surface area contributed by atoms with Crippen molar-refractivity contribution in [2.75, 3.05) is 19.6 Å². The van der Waals surface area contributed by atoms with Crippen molar-refractivity contribution in [3.8, 4) is 5.75 Å². The van der Waals surface area contributed by atoms with Gasteiger partial charge in [-0.3, -0.25) is 0 Å². The SMILES string of the molecule is CCCN1CCCC2(CC1)C[C@@H](O)c1ccc(F)cc1O2. The molecular weight excluding hydrogens is 269 g/mol. The van der Waals surface area contributed by atoms with Crippen LogP contribution in [0.15, 0.2) is 18.2 Å². The van der Waals surface area contributed by atoms with Gasteiger partial charge in [-0.1, -0.05) is 6.92 Å². The van der Waals surface area contributed by atoms with Crippen molar-refractivity contribution in [2.45, 2.75) is 50.7 Å². The maximum atomic E-state index is 13.5. The zero-order valence-electron chi connectivity index (χ0n) is 12.6. The molecule has 2 atom stereocenters. The van der Waals surface area contributed by atoms with Crippen LogP contribution in [0.4, 0.5) is 4.39 Å². The molecule has 116 valence electrons. The van der Waals surface area contributed by atoms with E-state index < -0.39 is 6.10 Å². The maximum absolute atomic E-state index is 13.5. The Morgan fingerprint density at radius 2 is 2.24 bits per heavy atom. The Morgan fingerprint density at radius 1 is 1.38 bits per heavy atom. The molecule has 0 aliphatic carbocycles. The van der Waals surface area contributed by atoms with Crippen LogP contribution in [0.3, 0.4) is 0 Å². The number of rotatable bonds is 2. The lowest BCUT2D eigenvalue weighted by Gasteiger charge is -2.40. The van der Waals surface area contributed by atoms with Crippen molar-refractivity contribution in [2.24, 2.45) is 0 Å². The number of hydrogen-bond donors (Lipinski definition) is 1. The lowest BCUT2D eigenvalue weighted by atomic mass is 9.83. The molecule has 3 nitrogen and oxygen atoms in total. The van der Waals surface area contributed by atoms with Crippen molar-refractivity contribution < 1.29 is 14.2 Å². The summed E-state index contributed by atoms with van der Waals surface area (Å²) in [6, 6.07) is 4.44. The third-order valence-corrected chi connectivity index (χ3v) is 4.76. The van der Waals surface area contributed by atoms with Gasteiger partial charge in [0.15, 0.2) is 0 Å². The molecule has 0 radical (unpaired) electrons. The van der Waals surface area contributed by atoms with Gasteiger partial charge >= 0.3 is 0 Å². The van der Waals surface area contributed by atoms with E-state index in [1.165, 1.54) is 12.1 Å². The summed E-state index contributed by atoms with van der Waals surface area (Å²) in [7, 11) is 0. The predicted octanol–water partition coefficient (Wildman–Crippen LogP) is 3.28. The van der Waals surface area contributed by atoms with E-state index in [-0.39, 0.29) is 11.4 Å². The molecule has 0 saturated carbocycles. The van der Waals surface area contributed by atoms with Crippen LogP contribution in [0.5, 0.6) is 5.75 Å². The van der Waals surface area contributed by atoms with Gasteiger partial charge in [-0.25, -0.2) is 4.39 Å². The van der Waals surface area contributed by atoms with Gasteiger partial charge in [0.2, 0.25) is 0 Å². The molecule has 1 fully saturated rings. The van der Waals surface area contributed by atoms with Gasteiger partial charge in [-0.2, -0.15) is 0 Å². The number of benzene rings is 1. The van der Waals surface area contributed by atoms with Gasteiger partial charge in [0.05, 0.1) is 6.10 Å². The fourth-order valence-electron chi connectivity index (χ4n) is 3.68. The van der Waals surface area contributed by atoms with Crippen molar-refractivity contribution in [1.82, 2.24) is 4.90 Å². The number of aliphatic hydroxyl groups excluding tert-OH is 1. The quantitative estimate of drug-likeness (QED) is 0.908. The first-order valence-corrected chi connectivity index (χ1v) is 8.01. The molecule has 1 unspecified atom stereocenters. The van der Waals surface area contributed by atoms with Crippen molar-refractivity contribution >= 4 is 0 Å². The molecule has 1 aromatic carbocycles. The first kappa shape index (κ1) is 14.8. The molecule has 2 heterocycles. The third-order valence-electron chi connectivity index (χ3n) is 4.76. The largest absolute Gasteiger partial charge is 0.487 e. The summed E-state index contributed by atoms with van der Waals surface area (Å²) in [6.07, 6.45) is 4.13. The highest BCUT2D eigenvalue weighted by atomic mass is 19.1. The summed E-state index contributed by atoms with van der Waals surface area (Å²) < 4.78 is 19.6. The lowest BCUT2D eigenvalue weighted by Crippen LogP contribution is -2.42. The molecule has 1 saturated heterocycles. The molecule has 21 heavy (non-hydrogen) atoms. The van der Waals surface area contributed by atoms with E-state index in [0.717, 1.165) is 50.9 Å². The van der Waals surface area contributed by atoms with Crippen LogP contribution < -0.4 is 4.74 Å². The topological polar surface area (TPSA) is 32.7 Å². The lowest BCUT2D eigenvalue weighted by molar-refractivity contribution is -0.0241. The second-order valence-corrected chi connectivity index (χ2v) is 6.38. The van der Waals surface area contributed by atoms with Gasteiger partial charge in [0, 0.05) is 24.6 Å². The monoisotopic (exact) mass is 293 g/mol. The van der Waals surface area contributed by atoms with Crippen molar-refractivity contribution in [1.29, 1.82) is 0 Å². The number of fused-ring (bicyclic) bond motifs is 1. The number of hydrogen-bond acceptors (Lipinski definition) is 3. The molecule has 1 aromatic rings. The minimum atomic E-state index is -0.549. The molecule has 2 aliphatic rings. The van der Waals surface area contributed by atoms with E-state index >= 15 is 0 Å². The minimum Gasteiger partial charge on any atom is -0.487 e. The van der Waals surface area contributed by atoms with Crippen LogP contribution in [-0.2, 0) is 0 Å². The Morgan fingerprint density at radius 3 is 3.05 bits per heavy atom. The smallest absolute Gasteiger partial charge is 0.128 e. The Bertz CT molecular complexity index is 508. The van der Waals surface area contributed by atoms with Crippen LogP contribution in [0.1, 0.15) is 50.7 Å². The summed E-state index contributed by atoms with van der Waals surface area (Å²) in [4.78, 5) is 2.46. The molecule has 1 N–H and O–H groups in total. The fraction of sp³-hybridized carbons (Fsp3) is 0.647. The number of aliphatic hydroxyl groups is 1. The second-order valence-electron chi connectivity index (χ2n) is 6.38. The third kappa shape index (κ3) is 3.06. The van der Waals surface area contributed by atoms with E-state index in [0.29, 0.717) is 12.2 Å². The van der Waals surface area contributed by atoms with E-state index in [4.69, 9.17) is 4.74 Å². The molecule has 1 spiro atoms. The normalized spacial score (nSPS) is 29.8. The van der Waals surface area contributed by atoms with Crippen LogP contribution in [0.2, 0.25) is 0 Å². The van der Waals surface area contributed by atoms with Crippen LogP contribution in [0, 0.1) is 5.82 Å². The minimum absolute atomic E-state index is 0.306. The maximum Gasteiger partial charge on any atom is 0.128 e. The Balaban J connectivity index is 1.80. The standard InChI is InChI=1S/C17H24FNO2/c1-2-8-19-9-3-6-17(7-10-19)12-15(20)14-5-4-13(18)11-16(14)21-17/h4-5,11,15,20H,2-3,6-10,12H2,1H3/t15-,17?/m1/s1. The predicted molar refractivity (Wildman–Crippen MR) is 79.9 cm³/mol. The van der Waals surface area contributed by atoms with Crippen molar-refractivity contribution in [3.05, 3.63) is 29.6 Å². The summed E-state index contributed by atoms with van der Waals surface area (Å²) in [6.45, 7) is 5.39. The first-order valence-electron chi connectivity index (χ1n) is 8.01. The van der Waals surface area contributed by atoms with Gasteiger partial charge < -0.3 is 14.7 Å². The number of nitrogens with zero attached hydrogens (tertiary/aromatic N) is 1. The zero-order chi connectivity index (χ0) is 14.9. The van der Waals surface area contributed by atoms with Gasteiger partial charge in [0.1, 0.15) is 17.2 Å². The average molecular weight is 293 g/mol. The molecule has 2 aliphatic heterocycles. The van der Waals surface area contributed by atoms with Gasteiger partial charge in [-0.15, -0.1) is 0 Å². The summed E-state index contributed by atoms with van der Waals surface area (Å²) in [5.74, 6) is 0.219. The van der Waals surface area contributed by atoms with E-state index in [2.05, 4.69) is 11.8 Å². The van der Waals surface area contributed by atoms with Gasteiger partial charge in [-0.05, 0) is 50.9 Å². The molecule has 0 bridgehead atoms. The zero-order valence-corrected chi connectivity index (χ0v) is 12.6. The highest BCUT2D eigenvalue weighted by molar-refractivity contribution is 5.38. The first-order chi connectivity index (χ1) is 10.1. The summed E-state index contributed by atoms with van der Waals surface area (Å²) >= 11 is 0. The Labute approximate surface area is 125 Å². The van der Waals surface area contributed by atoms with Crippen LogP contribution >= 0.6 is 0 Å². The summed E-state index contributed by atoms with van der Waals surface area (Å²) in [5.41, 5.74) is 0.389. The molecule has 3 rings (SSSR count). The van der Waals surface area contributed by atoms with Crippen LogP contribution in [0.25, 0.3) is 0 Å². The molecular formula is C17H24FNO2. The fourth-order valence-corrected chi connectivity index (χ4v) is 3.68. The summed E-state index contributed by atoms with van der Waals surface area (Å²) in [5, 5.41) is 10.4.